The first-order valence-electron chi connectivity index (χ1n) is 5.72. The van der Waals surface area contributed by atoms with Crippen LogP contribution in [0.5, 0.6) is 0 Å². The number of hydrazine groups is 1. The lowest BCUT2D eigenvalue weighted by Crippen LogP contribution is -2.41. The highest BCUT2D eigenvalue weighted by molar-refractivity contribution is 7.89. The molecule has 0 saturated carbocycles. The lowest BCUT2D eigenvalue weighted by molar-refractivity contribution is 0.0945. The monoisotopic (exact) mass is 328 g/mol. The van der Waals surface area contributed by atoms with E-state index >= 15 is 0 Å². The third-order valence-corrected chi connectivity index (χ3v) is 4.07. The smallest absolute Gasteiger partial charge is 0.266 e. The van der Waals surface area contributed by atoms with Crippen LogP contribution in [0.1, 0.15) is 10.4 Å². The number of hydrogen-bond acceptors (Lipinski definition) is 3. The van der Waals surface area contributed by atoms with Gasteiger partial charge in [0.15, 0.2) is 0 Å². The number of carbonyl (C=O) groups is 1. The van der Waals surface area contributed by atoms with Gasteiger partial charge in [-0.15, -0.1) is 4.83 Å². The van der Waals surface area contributed by atoms with E-state index in [-0.39, 0.29) is 15.5 Å². The molecule has 0 saturated heterocycles. The summed E-state index contributed by atoms with van der Waals surface area (Å²) in [7, 11) is -4.04. The molecule has 110 valence electrons. The van der Waals surface area contributed by atoms with Crippen LogP contribution in [0.3, 0.4) is 0 Å². The second-order valence-corrected chi connectivity index (χ2v) is 6.09. The second-order valence-electron chi connectivity index (χ2n) is 4.00. The van der Waals surface area contributed by atoms with Gasteiger partial charge in [0.25, 0.3) is 15.9 Å². The molecule has 2 rings (SSSR count). The van der Waals surface area contributed by atoms with Crippen LogP contribution in [0.2, 0.25) is 5.02 Å². The number of benzene rings is 2. The van der Waals surface area contributed by atoms with E-state index in [0.717, 1.165) is 18.2 Å². The fourth-order valence-electron chi connectivity index (χ4n) is 1.48. The van der Waals surface area contributed by atoms with Crippen molar-refractivity contribution in [2.24, 2.45) is 0 Å². The molecule has 0 aliphatic heterocycles. The minimum Gasteiger partial charge on any atom is -0.273 e. The van der Waals surface area contributed by atoms with E-state index in [2.05, 4.69) is 5.43 Å². The zero-order chi connectivity index (χ0) is 15.5. The van der Waals surface area contributed by atoms with Crippen molar-refractivity contribution in [3.05, 3.63) is 64.9 Å². The normalized spacial score (nSPS) is 11.1. The summed E-state index contributed by atoms with van der Waals surface area (Å²) in [6.45, 7) is 0. The van der Waals surface area contributed by atoms with Gasteiger partial charge in [0.1, 0.15) is 5.82 Å². The van der Waals surface area contributed by atoms with Gasteiger partial charge in [-0.3, -0.25) is 10.2 Å². The Hall–Kier alpha value is -1.96. The molecule has 2 N–H and O–H groups in total. The molecule has 0 fully saturated rings. The highest BCUT2D eigenvalue weighted by Crippen LogP contribution is 2.18. The summed E-state index contributed by atoms with van der Waals surface area (Å²) in [5, 5.41) is -0.327. The van der Waals surface area contributed by atoms with E-state index in [1.165, 1.54) is 12.1 Å². The summed E-state index contributed by atoms with van der Waals surface area (Å²) in [5.41, 5.74) is 2.35. The fraction of sp³-hybridized carbons (Fsp3) is 0. The molecule has 1 amide bonds. The van der Waals surface area contributed by atoms with Crippen molar-refractivity contribution in [2.75, 3.05) is 0 Å². The van der Waals surface area contributed by atoms with E-state index in [9.17, 15) is 17.6 Å². The maximum absolute atomic E-state index is 13.0. The van der Waals surface area contributed by atoms with Crippen molar-refractivity contribution in [3.8, 4) is 0 Å². The molecule has 0 spiro atoms. The Morgan fingerprint density at radius 1 is 1.10 bits per heavy atom. The Labute approximate surface area is 125 Å². The molecule has 0 unspecified atom stereocenters. The van der Waals surface area contributed by atoms with Gasteiger partial charge in [-0.05, 0) is 30.3 Å². The SMILES string of the molecule is O=C(NNS(=O)(=O)c1ccc(F)c(Cl)c1)c1ccccc1. The highest BCUT2D eigenvalue weighted by Gasteiger charge is 2.17. The van der Waals surface area contributed by atoms with Gasteiger partial charge >= 0.3 is 0 Å². The third-order valence-electron chi connectivity index (χ3n) is 2.54. The lowest BCUT2D eigenvalue weighted by atomic mass is 10.2. The van der Waals surface area contributed by atoms with E-state index in [0.29, 0.717) is 0 Å². The maximum atomic E-state index is 13.0. The molecule has 5 nitrogen and oxygen atoms in total. The topological polar surface area (TPSA) is 75.3 Å². The van der Waals surface area contributed by atoms with Crippen molar-refractivity contribution in [2.45, 2.75) is 4.90 Å². The maximum Gasteiger partial charge on any atom is 0.266 e. The highest BCUT2D eigenvalue weighted by atomic mass is 35.5. The van der Waals surface area contributed by atoms with Gasteiger partial charge < -0.3 is 0 Å². The zero-order valence-corrected chi connectivity index (χ0v) is 12.1. The van der Waals surface area contributed by atoms with Crippen LogP contribution in [0.4, 0.5) is 4.39 Å². The van der Waals surface area contributed by atoms with Crippen LogP contribution >= 0.6 is 11.6 Å². The number of halogens is 2. The Morgan fingerprint density at radius 2 is 1.76 bits per heavy atom. The summed E-state index contributed by atoms with van der Waals surface area (Å²) in [5.74, 6) is -1.35. The van der Waals surface area contributed by atoms with Crippen molar-refractivity contribution in [1.29, 1.82) is 0 Å². The van der Waals surface area contributed by atoms with Gasteiger partial charge in [0.05, 0.1) is 9.92 Å². The Morgan fingerprint density at radius 3 is 2.38 bits per heavy atom. The molecule has 2 aromatic rings. The predicted molar refractivity (Wildman–Crippen MR) is 75.6 cm³/mol. The molecular formula is C13H10ClFN2O3S. The number of hydrogen-bond donors (Lipinski definition) is 2. The van der Waals surface area contributed by atoms with Crippen LogP contribution in [0.25, 0.3) is 0 Å². The summed E-state index contributed by atoms with van der Waals surface area (Å²) >= 11 is 5.52. The van der Waals surface area contributed by atoms with Crippen LogP contribution in [-0.4, -0.2) is 14.3 Å². The average Bonchev–Trinajstić information content (AvgIpc) is 2.48. The summed E-state index contributed by atoms with van der Waals surface area (Å²) < 4.78 is 36.9. The molecular weight excluding hydrogens is 319 g/mol. The van der Waals surface area contributed by atoms with Gasteiger partial charge in [0, 0.05) is 5.56 Å². The first-order valence-corrected chi connectivity index (χ1v) is 7.58. The third kappa shape index (κ3) is 3.78. The quantitative estimate of drug-likeness (QED) is 0.844. The van der Waals surface area contributed by atoms with E-state index < -0.39 is 21.7 Å². The number of rotatable bonds is 4. The Kier molecular flexibility index (Phi) is 4.56. The Bertz CT molecular complexity index is 766. The molecule has 0 aliphatic carbocycles. The lowest BCUT2D eigenvalue weighted by Gasteiger charge is -2.08. The average molecular weight is 329 g/mol. The van der Waals surface area contributed by atoms with Crippen molar-refractivity contribution < 1.29 is 17.6 Å². The predicted octanol–water partition coefficient (Wildman–Crippen LogP) is 2.10. The number of nitrogens with one attached hydrogen (secondary N) is 2. The molecule has 8 heteroatoms. The summed E-state index contributed by atoms with van der Waals surface area (Å²) in [6, 6.07) is 11.0. The number of carbonyl (C=O) groups excluding carboxylic acids is 1. The van der Waals surface area contributed by atoms with Crippen LogP contribution < -0.4 is 10.3 Å². The van der Waals surface area contributed by atoms with Gasteiger partial charge in [-0.25, -0.2) is 12.8 Å². The molecule has 0 aliphatic rings. The first kappa shape index (κ1) is 15.4. The van der Waals surface area contributed by atoms with Gasteiger partial charge in [-0.2, -0.15) is 0 Å². The van der Waals surface area contributed by atoms with Crippen LogP contribution in [0, 0.1) is 5.82 Å². The number of sulfonamides is 1. The number of amides is 1. The van der Waals surface area contributed by atoms with Gasteiger partial charge in [-0.1, -0.05) is 29.8 Å². The molecule has 2 aromatic carbocycles. The zero-order valence-electron chi connectivity index (χ0n) is 10.5. The minimum absolute atomic E-state index is 0.262. The van der Waals surface area contributed by atoms with Crippen molar-refractivity contribution >= 4 is 27.5 Å². The first-order chi connectivity index (χ1) is 9.90. The summed E-state index contributed by atoms with van der Waals surface area (Å²) in [4.78, 5) is 13.4. The fourth-order valence-corrected chi connectivity index (χ4v) is 2.59. The minimum atomic E-state index is -4.04. The molecule has 0 bridgehead atoms. The van der Waals surface area contributed by atoms with E-state index in [4.69, 9.17) is 11.6 Å². The molecule has 0 aromatic heterocycles. The van der Waals surface area contributed by atoms with Gasteiger partial charge in [0.2, 0.25) is 0 Å². The molecule has 0 radical (unpaired) electrons. The standard InChI is InChI=1S/C13H10ClFN2O3S/c14-11-8-10(6-7-12(11)15)21(19,20)17-16-13(18)9-4-2-1-3-5-9/h1-8,17H,(H,16,18). The van der Waals surface area contributed by atoms with Crippen molar-refractivity contribution in [3.63, 3.8) is 0 Å². The second kappa shape index (κ2) is 6.21. The summed E-state index contributed by atoms with van der Waals surface area (Å²) in [6.07, 6.45) is 0. The van der Waals surface area contributed by atoms with Crippen LogP contribution in [-0.2, 0) is 10.0 Å². The molecule has 0 heterocycles. The van der Waals surface area contributed by atoms with E-state index in [1.54, 1.807) is 18.2 Å². The molecule has 21 heavy (non-hydrogen) atoms. The van der Waals surface area contributed by atoms with Crippen molar-refractivity contribution in [1.82, 2.24) is 10.3 Å². The Balaban J connectivity index is 2.11. The molecule has 0 atom stereocenters. The largest absolute Gasteiger partial charge is 0.273 e. The van der Waals surface area contributed by atoms with E-state index in [1.807, 2.05) is 4.83 Å². The van der Waals surface area contributed by atoms with Crippen LogP contribution in [0.15, 0.2) is 53.4 Å².